The second kappa shape index (κ2) is 6.13. The summed E-state index contributed by atoms with van der Waals surface area (Å²) >= 11 is 0. The Hall–Kier alpha value is -1.44. The van der Waals surface area contributed by atoms with Crippen LogP contribution in [0.5, 0.6) is 5.75 Å². The van der Waals surface area contributed by atoms with Crippen molar-refractivity contribution in [1.82, 2.24) is 9.21 Å². The molecule has 1 aromatic rings. The van der Waals surface area contributed by atoms with Gasteiger partial charge in [-0.3, -0.25) is 9.69 Å². The lowest BCUT2D eigenvalue weighted by atomic mass is 10.1. The minimum atomic E-state index is -3.14. The largest absolute Gasteiger partial charge is 0.508 e. The fraction of sp³-hybridized carbons (Fsp3) is 0.500. The molecule has 1 aliphatic heterocycles. The minimum Gasteiger partial charge on any atom is -0.508 e. The van der Waals surface area contributed by atoms with Crippen LogP contribution in [0.2, 0.25) is 0 Å². The van der Waals surface area contributed by atoms with Gasteiger partial charge in [-0.2, -0.15) is 4.31 Å². The van der Waals surface area contributed by atoms with Crippen LogP contribution in [0.3, 0.4) is 0 Å². The number of ketones is 1. The quantitative estimate of drug-likeness (QED) is 0.827. The molecule has 6 nitrogen and oxygen atoms in total. The number of nitrogens with zero attached hydrogens (tertiary/aromatic N) is 2. The summed E-state index contributed by atoms with van der Waals surface area (Å²) in [6, 6.07) is 4.82. The first-order valence-electron chi connectivity index (χ1n) is 6.77. The predicted molar refractivity (Wildman–Crippen MR) is 79.8 cm³/mol. The molecule has 1 aliphatic rings. The molecular formula is C14H20N2O4S. The van der Waals surface area contributed by atoms with Crippen molar-refractivity contribution in [3.63, 3.8) is 0 Å². The van der Waals surface area contributed by atoms with Crippen LogP contribution in [0.15, 0.2) is 18.2 Å². The Bertz CT molecular complexity index is 634. The molecule has 1 aromatic carbocycles. The summed E-state index contributed by atoms with van der Waals surface area (Å²) in [5, 5.41) is 9.88. The fourth-order valence-corrected chi connectivity index (χ4v) is 3.22. The molecule has 1 N–H and O–H groups in total. The first-order valence-corrected chi connectivity index (χ1v) is 8.62. The van der Waals surface area contributed by atoms with Crippen LogP contribution in [0.1, 0.15) is 22.8 Å². The zero-order chi connectivity index (χ0) is 15.6. The predicted octanol–water partition coefficient (Wildman–Crippen LogP) is 0.672. The van der Waals surface area contributed by atoms with Crippen LogP contribution >= 0.6 is 0 Å². The lowest BCUT2D eigenvalue weighted by Gasteiger charge is -2.33. The van der Waals surface area contributed by atoms with E-state index >= 15 is 0 Å². The summed E-state index contributed by atoms with van der Waals surface area (Å²) in [6.07, 6.45) is 1.21. The number of Topliss-reactive ketones (excluding diaryl/α,β-unsaturated/α-hetero) is 1. The van der Waals surface area contributed by atoms with Crippen molar-refractivity contribution >= 4 is 15.8 Å². The number of hydrogen-bond acceptors (Lipinski definition) is 5. The molecule has 0 bridgehead atoms. The maximum atomic E-state index is 11.5. The summed E-state index contributed by atoms with van der Waals surface area (Å²) in [4.78, 5) is 13.5. The number of phenolic OH excluding ortho intramolecular Hbond substituents is 1. The first-order chi connectivity index (χ1) is 9.77. The Balaban J connectivity index is 2.04. The lowest BCUT2D eigenvalue weighted by molar-refractivity contribution is 0.101. The molecule has 0 aliphatic carbocycles. The van der Waals surface area contributed by atoms with Crippen molar-refractivity contribution < 1.29 is 18.3 Å². The van der Waals surface area contributed by atoms with Crippen molar-refractivity contribution in [1.29, 1.82) is 0 Å². The average molecular weight is 312 g/mol. The van der Waals surface area contributed by atoms with E-state index in [4.69, 9.17) is 0 Å². The zero-order valence-corrected chi connectivity index (χ0v) is 13.1. The first kappa shape index (κ1) is 15.9. The van der Waals surface area contributed by atoms with E-state index in [-0.39, 0.29) is 11.5 Å². The van der Waals surface area contributed by atoms with E-state index in [9.17, 15) is 18.3 Å². The van der Waals surface area contributed by atoms with Gasteiger partial charge in [0.15, 0.2) is 5.78 Å². The Morgan fingerprint density at radius 2 is 1.86 bits per heavy atom. The number of aromatic hydroxyl groups is 1. The second-order valence-electron chi connectivity index (χ2n) is 5.34. The number of carbonyl (C=O) groups is 1. The van der Waals surface area contributed by atoms with E-state index in [2.05, 4.69) is 4.90 Å². The smallest absolute Gasteiger partial charge is 0.211 e. The minimum absolute atomic E-state index is 0.0434. The fourth-order valence-electron chi connectivity index (χ4n) is 2.39. The van der Waals surface area contributed by atoms with Gasteiger partial charge in [-0.1, -0.05) is 0 Å². The Morgan fingerprint density at radius 3 is 2.38 bits per heavy atom. The van der Waals surface area contributed by atoms with Gasteiger partial charge in [0.2, 0.25) is 10.0 Å². The highest BCUT2D eigenvalue weighted by molar-refractivity contribution is 7.88. The van der Waals surface area contributed by atoms with Crippen LogP contribution in [-0.4, -0.2) is 60.9 Å². The number of rotatable bonds is 4. The molecule has 0 atom stereocenters. The topological polar surface area (TPSA) is 77.9 Å². The van der Waals surface area contributed by atoms with Crippen LogP contribution in [0.25, 0.3) is 0 Å². The molecule has 7 heteroatoms. The number of piperazine rings is 1. The average Bonchev–Trinajstić information content (AvgIpc) is 2.40. The normalized spacial score (nSPS) is 17.8. The second-order valence-corrected chi connectivity index (χ2v) is 7.32. The molecule has 1 fully saturated rings. The number of sulfonamides is 1. The monoisotopic (exact) mass is 312 g/mol. The summed E-state index contributed by atoms with van der Waals surface area (Å²) in [6.45, 7) is 4.11. The molecule has 2 rings (SSSR count). The number of carbonyl (C=O) groups excluding carboxylic acids is 1. The van der Waals surface area contributed by atoms with Gasteiger partial charge in [0, 0.05) is 43.9 Å². The molecule has 0 unspecified atom stereocenters. The summed E-state index contributed by atoms with van der Waals surface area (Å²) < 4.78 is 24.4. The third kappa shape index (κ3) is 4.03. The number of hydrogen-bond donors (Lipinski definition) is 1. The van der Waals surface area contributed by atoms with Gasteiger partial charge in [-0.05, 0) is 25.1 Å². The molecule has 1 saturated heterocycles. The van der Waals surface area contributed by atoms with E-state index in [0.717, 1.165) is 0 Å². The van der Waals surface area contributed by atoms with Gasteiger partial charge in [0.05, 0.1) is 6.26 Å². The Morgan fingerprint density at radius 1 is 1.24 bits per heavy atom. The summed E-state index contributed by atoms with van der Waals surface area (Å²) in [5.74, 6) is 0.115. The number of phenols is 1. The van der Waals surface area contributed by atoms with Gasteiger partial charge in [0.1, 0.15) is 5.75 Å². The van der Waals surface area contributed by atoms with Crippen molar-refractivity contribution in [3.8, 4) is 5.75 Å². The number of benzene rings is 1. The highest BCUT2D eigenvalue weighted by atomic mass is 32.2. The van der Waals surface area contributed by atoms with Crippen molar-refractivity contribution in [3.05, 3.63) is 29.3 Å². The molecule has 0 saturated carbocycles. The Labute approximate surface area is 125 Å². The molecular weight excluding hydrogens is 292 g/mol. The molecule has 116 valence electrons. The van der Waals surface area contributed by atoms with Crippen LogP contribution in [-0.2, 0) is 16.6 Å². The van der Waals surface area contributed by atoms with Crippen LogP contribution in [0.4, 0.5) is 0 Å². The van der Waals surface area contributed by atoms with Crippen LogP contribution in [0, 0.1) is 0 Å². The van der Waals surface area contributed by atoms with Crippen molar-refractivity contribution in [2.24, 2.45) is 0 Å². The van der Waals surface area contributed by atoms with E-state index in [1.165, 1.54) is 23.6 Å². The maximum absolute atomic E-state index is 11.5. The van der Waals surface area contributed by atoms with Crippen molar-refractivity contribution in [2.75, 3.05) is 32.4 Å². The molecule has 0 spiro atoms. The van der Waals surface area contributed by atoms with E-state index in [0.29, 0.717) is 43.9 Å². The molecule has 1 heterocycles. The molecule has 21 heavy (non-hydrogen) atoms. The van der Waals surface area contributed by atoms with Gasteiger partial charge >= 0.3 is 0 Å². The Kier molecular flexibility index (Phi) is 4.65. The van der Waals surface area contributed by atoms with Gasteiger partial charge in [0.25, 0.3) is 0 Å². The van der Waals surface area contributed by atoms with Crippen molar-refractivity contribution in [2.45, 2.75) is 13.5 Å². The maximum Gasteiger partial charge on any atom is 0.211 e. The summed E-state index contributed by atoms with van der Waals surface area (Å²) in [7, 11) is -3.14. The molecule has 0 radical (unpaired) electrons. The molecule has 0 amide bonds. The van der Waals surface area contributed by atoms with Gasteiger partial charge in [-0.15, -0.1) is 0 Å². The molecule has 0 aromatic heterocycles. The SMILES string of the molecule is CC(=O)c1ccc(O)c(CN2CCN(S(C)(=O)=O)CC2)c1. The third-order valence-electron chi connectivity index (χ3n) is 3.68. The summed E-state index contributed by atoms with van der Waals surface area (Å²) in [5.41, 5.74) is 1.26. The lowest BCUT2D eigenvalue weighted by Crippen LogP contribution is -2.47. The van der Waals surface area contributed by atoms with E-state index < -0.39 is 10.0 Å². The zero-order valence-electron chi connectivity index (χ0n) is 12.2. The van der Waals surface area contributed by atoms with Gasteiger partial charge in [-0.25, -0.2) is 8.42 Å². The van der Waals surface area contributed by atoms with Gasteiger partial charge < -0.3 is 5.11 Å². The highest BCUT2D eigenvalue weighted by Gasteiger charge is 2.23. The van der Waals surface area contributed by atoms with E-state index in [1.54, 1.807) is 12.1 Å². The van der Waals surface area contributed by atoms with E-state index in [1.807, 2.05) is 0 Å². The van der Waals surface area contributed by atoms with Crippen LogP contribution < -0.4 is 0 Å². The standard InChI is InChI=1S/C14H20N2O4S/c1-11(17)12-3-4-14(18)13(9-12)10-15-5-7-16(8-6-15)21(2,19)20/h3-4,9,18H,5-8,10H2,1-2H3. The highest BCUT2D eigenvalue weighted by Crippen LogP contribution is 2.21. The third-order valence-corrected chi connectivity index (χ3v) is 4.98.